The van der Waals surface area contributed by atoms with Gasteiger partial charge in [-0.3, -0.25) is 9.48 Å². The maximum atomic E-state index is 12.5. The molecule has 0 fully saturated rings. The molecule has 0 saturated carbocycles. The van der Waals surface area contributed by atoms with Crippen molar-refractivity contribution in [3.05, 3.63) is 35.8 Å². The maximum Gasteiger partial charge on any atom is 0.408 e. The minimum Gasteiger partial charge on any atom is -0.367 e. The number of pyridine rings is 1. The highest BCUT2D eigenvalue weighted by Crippen LogP contribution is 2.28. The molecule has 1 N–H and O–H groups in total. The van der Waals surface area contributed by atoms with Gasteiger partial charge in [0.05, 0.1) is 17.8 Å². The summed E-state index contributed by atoms with van der Waals surface area (Å²) in [7, 11) is 0. The van der Waals surface area contributed by atoms with E-state index >= 15 is 0 Å². The van der Waals surface area contributed by atoms with E-state index in [0.717, 1.165) is 10.2 Å². The van der Waals surface area contributed by atoms with E-state index in [1.54, 1.807) is 11.1 Å². The van der Waals surface area contributed by atoms with Gasteiger partial charge in [0.1, 0.15) is 12.4 Å². The summed E-state index contributed by atoms with van der Waals surface area (Å²) < 4.78 is 37.9. The molecule has 3 heterocycles. The Balaban J connectivity index is 1.74. The van der Waals surface area contributed by atoms with Gasteiger partial charge in [0, 0.05) is 25.5 Å². The SMILES string of the molecule is Cc1cnc2c(c1)N(C(=O)Cc1ccn(CC(F)(F)F)n1)CCN2. The van der Waals surface area contributed by atoms with Crippen LogP contribution in [0.3, 0.4) is 0 Å². The van der Waals surface area contributed by atoms with Crippen molar-refractivity contribution in [2.75, 3.05) is 23.3 Å². The number of nitrogens with one attached hydrogen (secondary N) is 1. The Kier molecular flexibility index (Phi) is 4.16. The molecule has 1 aliphatic rings. The van der Waals surface area contributed by atoms with Gasteiger partial charge in [-0.15, -0.1) is 0 Å². The van der Waals surface area contributed by atoms with E-state index < -0.39 is 12.7 Å². The van der Waals surface area contributed by atoms with Gasteiger partial charge in [0.2, 0.25) is 5.91 Å². The van der Waals surface area contributed by atoms with Crippen molar-refractivity contribution in [3.8, 4) is 0 Å². The summed E-state index contributed by atoms with van der Waals surface area (Å²) >= 11 is 0. The minimum absolute atomic E-state index is 0.0573. The van der Waals surface area contributed by atoms with Gasteiger partial charge in [0.15, 0.2) is 0 Å². The molecule has 0 atom stereocenters. The Morgan fingerprint density at radius 1 is 1.42 bits per heavy atom. The van der Waals surface area contributed by atoms with Crippen LogP contribution in [0.5, 0.6) is 0 Å². The lowest BCUT2D eigenvalue weighted by Crippen LogP contribution is -2.40. The molecule has 3 rings (SSSR count). The van der Waals surface area contributed by atoms with Crippen LogP contribution in [-0.2, 0) is 17.8 Å². The van der Waals surface area contributed by atoms with Crippen LogP contribution in [0.1, 0.15) is 11.3 Å². The smallest absolute Gasteiger partial charge is 0.367 e. The highest BCUT2D eigenvalue weighted by atomic mass is 19.4. The topological polar surface area (TPSA) is 63.1 Å². The van der Waals surface area contributed by atoms with Crippen molar-refractivity contribution in [3.63, 3.8) is 0 Å². The molecule has 6 nitrogen and oxygen atoms in total. The van der Waals surface area contributed by atoms with Crippen LogP contribution < -0.4 is 10.2 Å². The van der Waals surface area contributed by atoms with E-state index in [2.05, 4.69) is 15.4 Å². The van der Waals surface area contributed by atoms with Gasteiger partial charge in [-0.25, -0.2) is 4.98 Å². The molecule has 1 aliphatic heterocycles. The van der Waals surface area contributed by atoms with E-state index in [1.165, 1.54) is 12.3 Å². The summed E-state index contributed by atoms with van der Waals surface area (Å²) in [6.07, 6.45) is -1.46. The fourth-order valence-corrected chi connectivity index (χ4v) is 2.58. The van der Waals surface area contributed by atoms with E-state index in [4.69, 9.17) is 0 Å². The zero-order valence-electron chi connectivity index (χ0n) is 13.0. The lowest BCUT2D eigenvalue weighted by Gasteiger charge is -2.29. The molecule has 0 aromatic carbocycles. The first kappa shape index (κ1) is 16.3. The first-order valence-corrected chi connectivity index (χ1v) is 7.42. The highest BCUT2D eigenvalue weighted by molar-refractivity contribution is 5.98. The number of hydrogen-bond donors (Lipinski definition) is 1. The molecular weight excluding hydrogens is 323 g/mol. The van der Waals surface area contributed by atoms with Crippen LogP contribution in [0.4, 0.5) is 24.7 Å². The Labute approximate surface area is 136 Å². The minimum atomic E-state index is -4.34. The van der Waals surface area contributed by atoms with Crippen LogP contribution in [0.15, 0.2) is 24.5 Å². The molecule has 2 aromatic rings. The second kappa shape index (κ2) is 6.14. The van der Waals surface area contributed by atoms with Crippen molar-refractivity contribution in [1.29, 1.82) is 0 Å². The van der Waals surface area contributed by atoms with Gasteiger partial charge < -0.3 is 10.2 Å². The molecule has 9 heteroatoms. The number of amides is 1. The molecule has 128 valence electrons. The number of rotatable bonds is 3. The summed E-state index contributed by atoms with van der Waals surface area (Å²) in [6, 6.07) is 3.29. The lowest BCUT2D eigenvalue weighted by molar-refractivity contribution is -0.142. The fraction of sp³-hybridized carbons (Fsp3) is 0.400. The number of carbonyl (C=O) groups excluding carboxylic acids is 1. The standard InChI is InChI=1S/C15H16F3N5O/c1-10-6-12-14(20-8-10)19-3-5-23(12)13(24)7-11-2-4-22(21-11)9-15(16,17)18/h2,4,6,8H,3,5,7,9H2,1H3,(H,19,20). The average molecular weight is 339 g/mol. The zero-order chi connectivity index (χ0) is 17.3. The number of fused-ring (bicyclic) bond motifs is 1. The zero-order valence-corrected chi connectivity index (χ0v) is 13.0. The molecule has 1 amide bonds. The van der Waals surface area contributed by atoms with Gasteiger partial charge in [-0.05, 0) is 24.6 Å². The lowest BCUT2D eigenvalue weighted by atomic mass is 10.2. The van der Waals surface area contributed by atoms with Crippen molar-refractivity contribution in [1.82, 2.24) is 14.8 Å². The molecule has 24 heavy (non-hydrogen) atoms. The largest absolute Gasteiger partial charge is 0.408 e. The van der Waals surface area contributed by atoms with E-state index in [9.17, 15) is 18.0 Å². The summed E-state index contributed by atoms with van der Waals surface area (Å²) in [5, 5.41) is 6.94. The molecule has 0 bridgehead atoms. The number of anilines is 2. The first-order chi connectivity index (χ1) is 11.3. The number of nitrogens with zero attached hydrogens (tertiary/aromatic N) is 4. The molecule has 0 saturated heterocycles. The third-order valence-electron chi connectivity index (χ3n) is 3.59. The number of aromatic nitrogens is 3. The van der Waals surface area contributed by atoms with E-state index in [1.807, 2.05) is 13.0 Å². The number of aryl methyl sites for hydroxylation is 1. The maximum absolute atomic E-state index is 12.5. The second-order valence-corrected chi connectivity index (χ2v) is 5.65. The summed E-state index contributed by atoms with van der Waals surface area (Å²) in [6.45, 7) is 1.75. The van der Waals surface area contributed by atoms with Gasteiger partial charge in [-0.2, -0.15) is 18.3 Å². The van der Waals surface area contributed by atoms with Gasteiger partial charge in [0.25, 0.3) is 0 Å². The third kappa shape index (κ3) is 3.66. The van der Waals surface area contributed by atoms with Gasteiger partial charge in [-0.1, -0.05) is 0 Å². The van der Waals surface area contributed by atoms with Crippen LogP contribution in [-0.4, -0.2) is 39.9 Å². The summed E-state index contributed by atoms with van der Waals surface area (Å²) in [5.41, 5.74) is 1.91. The van der Waals surface area contributed by atoms with Crippen molar-refractivity contribution in [2.45, 2.75) is 26.1 Å². The van der Waals surface area contributed by atoms with Crippen molar-refractivity contribution < 1.29 is 18.0 Å². The average Bonchev–Trinajstić information content (AvgIpc) is 2.91. The van der Waals surface area contributed by atoms with E-state index in [0.29, 0.717) is 30.3 Å². The van der Waals surface area contributed by atoms with Crippen LogP contribution in [0.25, 0.3) is 0 Å². The monoisotopic (exact) mass is 339 g/mol. The predicted molar refractivity (Wildman–Crippen MR) is 81.8 cm³/mol. The summed E-state index contributed by atoms with van der Waals surface area (Å²) in [4.78, 5) is 18.4. The number of halogens is 3. The normalized spacial score (nSPS) is 14.2. The molecule has 0 unspecified atom stereocenters. The molecule has 0 radical (unpaired) electrons. The Hall–Kier alpha value is -2.58. The van der Waals surface area contributed by atoms with E-state index in [-0.39, 0.29) is 12.3 Å². The number of alkyl halides is 3. The quantitative estimate of drug-likeness (QED) is 0.931. The number of carbonyl (C=O) groups is 1. The first-order valence-electron chi connectivity index (χ1n) is 7.42. The Bertz CT molecular complexity index is 756. The van der Waals surface area contributed by atoms with Crippen LogP contribution >= 0.6 is 0 Å². The molecular formula is C15H16F3N5O. The second-order valence-electron chi connectivity index (χ2n) is 5.65. The van der Waals surface area contributed by atoms with Gasteiger partial charge >= 0.3 is 6.18 Å². The van der Waals surface area contributed by atoms with Crippen LogP contribution in [0.2, 0.25) is 0 Å². The highest BCUT2D eigenvalue weighted by Gasteiger charge is 2.29. The molecule has 0 spiro atoms. The van der Waals surface area contributed by atoms with Crippen molar-refractivity contribution >= 4 is 17.4 Å². The third-order valence-corrected chi connectivity index (χ3v) is 3.59. The predicted octanol–water partition coefficient (Wildman–Crippen LogP) is 2.15. The Morgan fingerprint density at radius 3 is 2.96 bits per heavy atom. The molecule has 0 aliphatic carbocycles. The van der Waals surface area contributed by atoms with Crippen LogP contribution in [0, 0.1) is 6.92 Å². The van der Waals surface area contributed by atoms with Crippen molar-refractivity contribution in [2.24, 2.45) is 0 Å². The summed E-state index contributed by atoms with van der Waals surface area (Å²) in [5.74, 6) is 0.408. The Morgan fingerprint density at radius 2 is 2.21 bits per heavy atom. The number of hydrogen-bond acceptors (Lipinski definition) is 4. The molecule has 2 aromatic heterocycles. The fourth-order valence-electron chi connectivity index (χ4n) is 2.58.